The molecule has 28 heteroatoms. The van der Waals surface area contributed by atoms with Crippen LogP contribution in [0.4, 0.5) is 11.6 Å². The maximum atomic E-state index is 14.0. The number of carbonyl (C=O) groups excluding carboxylic acids is 2. The molecule has 8 N–H and O–H groups in total. The number of fused-ring (bicyclic) bond motifs is 9. The third-order valence-corrected chi connectivity index (χ3v) is 27.0. The van der Waals surface area contributed by atoms with Crippen molar-refractivity contribution in [3.63, 3.8) is 0 Å². The van der Waals surface area contributed by atoms with E-state index >= 15 is 0 Å². The predicted molar refractivity (Wildman–Crippen MR) is 478 cm³/mol. The molecule has 0 spiro atoms. The first-order chi connectivity index (χ1) is 57.1. The van der Waals surface area contributed by atoms with Crippen LogP contribution in [0.5, 0.6) is 0 Å². The van der Waals surface area contributed by atoms with E-state index in [9.17, 15) is 44.1 Å². The largest absolute Gasteiger partial charge is 0.480 e. The van der Waals surface area contributed by atoms with E-state index in [0.29, 0.717) is 59.4 Å². The Morgan fingerprint density at radius 2 is 0.667 bits per heavy atom. The minimum atomic E-state index is -1.27. The highest BCUT2D eigenvalue weighted by molar-refractivity contribution is 6.29. The molecule has 9 fully saturated rings. The Hall–Kier alpha value is -7.59. The summed E-state index contributed by atoms with van der Waals surface area (Å²) >= 11 is 6.23. The first-order valence-electron chi connectivity index (χ1n) is 43.9. The Kier molecular flexibility index (Phi) is 35.0. The van der Waals surface area contributed by atoms with Crippen LogP contribution in [0.3, 0.4) is 0 Å². The fourth-order valence-electron chi connectivity index (χ4n) is 21.3. The molecular weight excluding hydrogens is 1610 g/mol. The molecule has 17 rings (SSSR count). The van der Waals surface area contributed by atoms with Crippen molar-refractivity contribution < 1.29 is 44.3 Å². The number of nitrogens with two attached hydrogens (primary N) is 1. The van der Waals surface area contributed by atoms with Crippen LogP contribution in [0.2, 0.25) is 5.15 Å². The SMILES string of the molecule is Cl.Cl.Cl.N[C@@H](CO)C(=O)OCc1ccccc1.O=C(O)[C@H](CO)Nc1nc2ccccc2n(C2C[C@H]3CC[C@@H](C2)N3C2CCCCCCC2)c1=O.O=C(OCc1ccccc1)[C@H](CO)Nc1nc2ccccc2n(C2C[C@H]3CC[C@@H](C2)N3C2CCCCCCC2)c1=O.O=c1c(Cl)nc2ccccc2n1C1C[C@H]2CC[C@@H](C1)N2C1CCCCCCC1. The number of esters is 2. The second-order valence-electron chi connectivity index (χ2n) is 34.3. The Morgan fingerprint density at radius 1 is 0.375 bits per heavy atom. The number of piperidine rings is 3. The van der Waals surface area contributed by atoms with Crippen molar-refractivity contribution in [2.24, 2.45) is 5.73 Å². The number of para-hydroxylation sites is 6. The Morgan fingerprint density at radius 3 is 0.992 bits per heavy atom. The molecule has 3 aromatic heterocycles. The summed E-state index contributed by atoms with van der Waals surface area (Å²) in [6.07, 6.45) is 41.6. The average molecular weight is 1730 g/mol. The third kappa shape index (κ3) is 22.5. The van der Waals surface area contributed by atoms with Gasteiger partial charge in [0.1, 0.15) is 31.3 Å². The predicted octanol–water partition coefficient (Wildman–Crippen LogP) is 15.4. The maximum absolute atomic E-state index is 14.0. The molecule has 9 heterocycles. The topological polar surface area (TPSA) is 315 Å². The molecule has 0 amide bonds. The van der Waals surface area contributed by atoms with Gasteiger partial charge in [0.2, 0.25) is 0 Å². The fourth-order valence-corrected chi connectivity index (χ4v) is 21.5. The Balaban J connectivity index is 0.000000163. The summed E-state index contributed by atoms with van der Waals surface area (Å²) in [4.78, 5) is 97.8. The lowest BCUT2D eigenvalue weighted by Gasteiger charge is -2.45. The van der Waals surface area contributed by atoms with Gasteiger partial charge in [-0.05, 0) is 163 Å². The summed E-state index contributed by atoms with van der Waals surface area (Å²) in [5, 5.41) is 43.2. The van der Waals surface area contributed by atoms with Gasteiger partial charge in [0, 0.05) is 72.5 Å². The van der Waals surface area contributed by atoms with Crippen molar-refractivity contribution >= 4 is 111 Å². The molecule has 5 aromatic carbocycles. The van der Waals surface area contributed by atoms with Crippen molar-refractivity contribution in [1.82, 2.24) is 43.4 Å². The van der Waals surface area contributed by atoms with Crippen LogP contribution in [0.1, 0.15) is 241 Å². The van der Waals surface area contributed by atoms with Crippen molar-refractivity contribution in [3.05, 3.63) is 181 Å². The number of aliphatic carboxylic acids is 1. The summed E-state index contributed by atoms with van der Waals surface area (Å²) < 4.78 is 16.0. The fraction of sp³-hybridized carbons (Fsp3) is 0.576. The van der Waals surface area contributed by atoms with Crippen LogP contribution in [-0.4, -0.2) is 174 Å². The van der Waals surface area contributed by atoms with Crippen LogP contribution >= 0.6 is 48.8 Å². The van der Waals surface area contributed by atoms with Gasteiger partial charge < -0.3 is 60.0 Å². The van der Waals surface area contributed by atoms with E-state index in [2.05, 4.69) is 40.3 Å². The van der Waals surface area contributed by atoms with Crippen molar-refractivity contribution in [1.29, 1.82) is 0 Å². The number of nitrogens with zero attached hydrogens (tertiary/aromatic N) is 9. The van der Waals surface area contributed by atoms with E-state index in [1.165, 1.54) is 173 Å². The van der Waals surface area contributed by atoms with E-state index in [-0.39, 0.29) is 102 Å². The number of hydrogen-bond donors (Lipinski definition) is 7. The molecule has 0 radical (unpaired) electrons. The quantitative estimate of drug-likeness (QED) is 0.0349. The van der Waals surface area contributed by atoms with Crippen LogP contribution in [0.25, 0.3) is 33.1 Å². The maximum Gasteiger partial charge on any atom is 0.331 e. The second-order valence-corrected chi connectivity index (χ2v) is 34.6. The highest BCUT2D eigenvalue weighted by Gasteiger charge is 2.48. The molecule has 6 bridgehead atoms. The summed E-state index contributed by atoms with van der Waals surface area (Å²) in [6, 6.07) is 44.2. The number of carboxylic acid groups (broad SMARTS) is 1. The van der Waals surface area contributed by atoms with Gasteiger partial charge in [-0.15, -0.1) is 37.2 Å². The summed E-state index contributed by atoms with van der Waals surface area (Å²) in [7, 11) is 0. The second kappa shape index (κ2) is 45.2. The van der Waals surface area contributed by atoms with Gasteiger partial charge in [-0.2, -0.15) is 0 Å². The molecule has 6 saturated heterocycles. The minimum absolute atomic E-state index is 0. The molecule has 24 nitrogen and oxygen atoms in total. The highest BCUT2D eigenvalue weighted by atomic mass is 35.5. The molecular formula is C92H124Cl4N12O12. The van der Waals surface area contributed by atoms with E-state index in [1.807, 2.05) is 147 Å². The van der Waals surface area contributed by atoms with E-state index in [1.54, 1.807) is 0 Å². The zero-order valence-corrected chi connectivity index (χ0v) is 72.2. The smallest absolute Gasteiger partial charge is 0.331 e. The van der Waals surface area contributed by atoms with Crippen molar-refractivity contribution in [3.8, 4) is 0 Å². The number of halogens is 4. The van der Waals surface area contributed by atoms with Gasteiger partial charge in [0.25, 0.3) is 16.7 Å². The van der Waals surface area contributed by atoms with Gasteiger partial charge >= 0.3 is 17.9 Å². The van der Waals surface area contributed by atoms with E-state index in [4.69, 9.17) is 31.9 Å². The zero-order valence-electron chi connectivity index (χ0n) is 69.0. The zero-order chi connectivity index (χ0) is 81.3. The van der Waals surface area contributed by atoms with Crippen LogP contribution in [0.15, 0.2) is 148 Å². The molecule has 3 unspecified atom stereocenters. The molecule has 3 aliphatic carbocycles. The van der Waals surface area contributed by atoms with E-state index < -0.39 is 55.9 Å². The van der Waals surface area contributed by atoms with Gasteiger partial charge in [0.15, 0.2) is 16.8 Å². The van der Waals surface area contributed by atoms with Crippen LogP contribution in [0, 0.1) is 0 Å². The van der Waals surface area contributed by atoms with Gasteiger partial charge in [-0.1, -0.05) is 205 Å². The number of aliphatic hydroxyl groups excluding tert-OH is 3. The number of aromatic nitrogens is 6. The lowest BCUT2D eigenvalue weighted by molar-refractivity contribution is -0.148. The standard InChI is InChI=1S/C33H42N4O4.C26H36N4O4.C23H30ClN3O.C10H13NO3.3ClH/c38-21-29(33(40)41-22-23-11-5-4-6-12-23)35-31-32(39)37(30-16-10-9-15-28(30)34-31)27-19-25-17-18-26(20-27)36(25)24-13-7-2-1-3-8-14-24;31-16-22(26(33)34)28-24-25(32)30(23-11-7-6-10-21(23)27-24)20-14-18-12-13-19(15-20)29(18)17-8-4-2-1-3-5-9-17;24-22-23(28)27(21-11-7-6-10-20(21)25-22)19-14-17-12-13-18(15-19)26(17)16-8-4-2-1-3-5-9-16;11-9(6-12)10(13)14-7-8-4-2-1-3-5-8;;;/h4-6,9-12,15-16,24-27,29,38H,1-3,7-8,13-14,17-22H2,(H,34,35);6-7,10-11,17-20,22,31H,1-5,8-9,12-16H2,(H,27,28)(H,33,34);6-7,10-11,16-19H,1-5,8-9,12-15H2;1-5,9,12H,6-7,11H2;3*1H/t25-,26+,27?,29-;18-,19+,20?,22-;17-,18+,19?;9-;;;/m00.0.../s1. The summed E-state index contributed by atoms with van der Waals surface area (Å²) in [5.41, 5.74) is 11.0. The minimum Gasteiger partial charge on any atom is -0.480 e. The number of carbonyl (C=O) groups is 3. The molecule has 6 aliphatic heterocycles. The number of benzene rings is 5. The number of aliphatic hydroxyl groups is 3. The molecule has 12 atom stereocenters. The number of nitrogens with one attached hydrogen (secondary N) is 2. The third-order valence-electron chi connectivity index (χ3n) is 26.7. The number of rotatable bonds is 20. The van der Waals surface area contributed by atoms with Crippen LogP contribution in [-0.2, 0) is 37.1 Å². The Bertz CT molecular complexity index is 4750. The summed E-state index contributed by atoms with van der Waals surface area (Å²) in [5.74, 6) is -2.35. The lowest BCUT2D eigenvalue weighted by Crippen LogP contribution is -2.50. The normalized spacial score (nSPS) is 24.4. The first-order valence-corrected chi connectivity index (χ1v) is 44.3. The van der Waals surface area contributed by atoms with Gasteiger partial charge in [0.05, 0.1) is 52.9 Å². The first kappa shape index (κ1) is 93.1. The van der Waals surface area contributed by atoms with E-state index in [0.717, 1.165) is 77.8 Å². The monoisotopic (exact) mass is 1730 g/mol. The van der Waals surface area contributed by atoms with Crippen molar-refractivity contribution in [2.75, 3.05) is 30.5 Å². The molecule has 120 heavy (non-hydrogen) atoms. The molecule has 9 aliphatic rings. The van der Waals surface area contributed by atoms with Crippen molar-refractivity contribution in [2.45, 2.75) is 316 Å². The van der Waals surface area contributed by atoms with Gasteiger partial charge in [-0.3, -0.25) is 33.9 Å². The number of ether oxygens (including phenoxy) is 2. The molecule has 8 aromatic rings. The average Bonchev–Trinajstić information content (AvgIpc) is 1.43. The Labute approximate surface area is 727 Å². The molecule has 652 valence electrons. The number of anilines is 2. The number of hydrogen-bond acceptors (Lipinski definition) is 20. The number of carboxylic acids is 1. The lowest BCUT2D eigenvalue weighted by atomic mass is 9.89. The highest BCUT2D eigenvalue weighted by Crippen LogP contribution is 2.48. The van der Waals surface area contributed by atoms with Gasteiger partial charge in [-0.25, -0.2) is 24.5 Å². The summed E-state index contributed by atoms with van der Waals surface area (Å²) in [6.45, 7) is -1.24. The van der Waals surface area contributed by atoms with Crippen LogP contribution < -0.4 is 33.0 Å². The molecule has 3 saturated carbocycles.